The average molecular weight is 469 g/mol. The van der Waals surface area contributed by atoms with E-state index in [1.165, 1.54) is 18.2 Å². The fourth-order valence-corrected chi connectivity index (χ4v) is 1.23. The molecule has 0 spiro atoms. The van der Waals surface area contributed by atoms with Gasteiger partial charge in [-0.1, -0.05) is 23.2 Å². The molecule has 5 N–H and O–H groups in total. The number of carboxylic acid groups (broad SMARTS) is 1. The first-order valence-corrected chi connectivity index (χ1v) is 4.98. The van der Waals surface area contributed by atoms with E-state index in [0.717, 1.165) is 0 Å². The Kier molecular flexibility index (Phi) is 7.05. The number of benzene rings is 1. The predicted molar refractivity (Wildman–Crippen MR) is 63.5 cm³/mol. The van der Waals surface area contributed by atoms with E-state index in [4.69, 9.17) is 44.6 Å². The van der Waals surface area contributed by atoms with Crippen molar-refractivity contribution in [2.45, 2.75) is 0 Å². The molecule has 0 heterocycles. The Morgan fingerprint density at radius 2 is 1.94 bits per heavy atom. The van der Waals surface area contributed by atoms with Gasteiger partial charge in [-0.2, -0.15) is 0 Å². The van der Waals surface area contributed by atoms with Crippen molar-refractivity contribution in [1.82, 2.24) is 0 Å². The molecule has 0 unspecified atom stereocenters. The summed E-state index contributed by atoms with van der Waals surface area (Å²) in [6.07, 6.45) is 0. The normalized spacial score (nSPS) is 11.1. The molecule has 0 aromatic heterocycles. The number of ether oxygens (including phenoxy) is 1. The van der Waals surface area contributed by atoms with Crippen molar-refractivity contribution < 1.29 is 34.7 Å². The van der Waals surface area contributed by atoms with Crippen molar-refractivity contribution in [3.8, 4) is 5.75 Å². The summed E-state index contributed by atoms with van der Waals surface area (Å²) in [5.74, 6) is 3.24. The van der Waals surface area contributed by atoms with Gasteiger partial charge in [0.2, 0.25) is 0 Å². The molecule has 1 radical (unpaired) electrons. The van der Waals surface area contributed by atoms with Gasteiger partial charge in [-0.25, -0.2) is 4.79 Å². The van der Waals surface area contributed by atoms with Crippen LogP contribution in [-0.4, -0.2) is 11.1 Å². The van der Waals surface area contributed by atoms with Gasteiger partial charge in [0.15, 0.2) is 5.88 Å². The quantitative estimate of drug-likeness (QED) is 0.270. The fourth-order valence-electron chi connectivity index (χ4n) is 0.940. The molecular formula is C9H8Cl2IrN3O3-. The zero-order valence-electron chi connectivity index (χ0n) is 8.69. The molecule has 1 aromatic carbocycles. The number of hydrogen-bond acceptors (Lipinski definition) is 4. The van der Waals surface area contributed by atoms with Gasteiger partial charge < -0.3 is 26.8 Å². The smallest absolute Gasteiger partial charge is 0.319 e. The molecule has 9 heteroatoms. The van der Waals surface area contributed by atoms with E-state index in [-0.39, 0.29) is 30.9 Å². The molecule has 0 saturated carbocycles. The first-order chi connectivity index (χ1) is 7.95. The SMILES string of the molecule is N[N-]/C(C(=O)O)=C(\N)Oc1ccc(Cl)c(Cl)c1.[Ir]. The zero-order valence-corrected chi connectivity index (χ0v) is 12.6. The van der Waals surface area contributed by atoms with Crippen LogP contribution in [0.4, 0.5) is 0 Å². The molecule has 1 aromatic rings. The molecule has 0 aliphatic carbocycles. The number of hydrogen-bond donors (Lipinski definition) is 3. The van der Waals surface area contributed by atoms with E-state index in [0.29, 0.717) is 5.02 Å². The van der Waals surface area contributed by atoms with Gasteiger partial charge in [0.05, 0.1) is 10.0 Å². The third-order valence-corrected chi connectivity index (χ3v) is 2.42. The van der Waals surface area contributed by atoms with Crippen molar-refractivity contribution in [2.24, 2.45) is 11.6 Å². The first-order valence-electron chi connectivity index (χ1n) is 4.22. The van der Waals surface area contributed by atoms with E-state index in [1.54, 1.807) is 0 Å². The Bertz CT molecular complexity index is 482. The number of carboxylic acids is 1. The van der Waals surface area contributed by atoms with Crippen LogP contribution in [0.25, 0.3) is 5.43 Å². The third kappa shape index (κ3) is 4.36. The molecular weight excluding hydrogens is 461 g/mol. The van der Waals surface area contributed by atoms with Crippen molar-refractivity contribution in [2.75, 3.05) is 0 Å². The molecule has 6 nitrogen and oxygen atoms in total. The van der Waals surface area contributed by atoms with Crippen LogP contribution < -0.4 is 16.3 Å². The summed E-state index contributed by atoms with van der Waals surface area (Å²) in [5, 5.41) is 9.27. The Balaban J connectivity index is 0.00000289. The summed E-state index contributed by atoms with van der Waals surface area (Å²) < 4.78 is 5.02. The largest absolute Gasteiger partial charge is 0.615 e. The Morgan fingerprint density at radius 3 is 2.39 bits per heavy atom. The Hall–Kier alpha value is -0.981. The fraction of sp³-hybridized carbons (Fsp3) is 0. The molecule has 101 valence electrons. The molecule has 0 bridgehead atoms. The van der Waals surface area contributed by atoms with Crippen LogP contribution in [0, 0.1) is 0 Å². The molecule has 0 saturated heterocycles. The number of halogens is 2. The Labute approximate surface area is 126 Å². The van der Waals surface area contributed by atoms with Crippen molar-refractivity contribution >= 4 is 29.2 Å². The van der Waals surface area contributed by atoms with Crippen LogP contribution in [0.2, 0.25) is 10.0 Å². The molecule has 0 aliphatic rings. The maximum Gasteiger partial charge on any atom is 0.319 e. The maximum atomic E-state index is 10.6. The first kappa shape index (κ1) is 17.0. The second-order valence-electron chi connectivity index (χ2n) is 2.83. The van der Waals surface area contributed by atoms with Gasteiger partial charge in [0.1, 0.15) is 5.75 Å². The summed E-state index contributed by atoms with van der Waals surface area (Å²) in [7, 11) is 0. The van der Waals surface area contributed by atoms with Crippen LogP contribution in [0.3, 0.4) is 0 Å². The summed E-state index contributed by atoms with van der Waals surface area (Å²) in [6.45, 7) is 0. The van der Waals surface area contributed by atoms with Gasteiger partial charge in [-0.05, 0) is 12.1 Å². The van der Waals surface area contributed by atoms with Crippen LogP contribution in [0.5, 0.6) is 5.75 Å². The number of nitrogens with zero attached hydrogens (tertiary/aromatic N) is 1. The number of rotatable bonds is 4. The maximum absolute atomic E-state index is 10.6. The van der Waals surface area contributed by atoms with E-state index in [1.807, 2.05) is 0 Å². The molecule has 0 fully saturated rings. The molecule has 0 aliphatic heterocycles. The zero-order chi connectivity index (χ0) is 13.0. The van der Waals surface area contributed by atoms with Gasteiger partial charge >= 0.3 is 5.97 Å². The monoisotopic (exact) mass is 469 g/mol. The minimum absolute atomic E-state index is 0. The third-order valence-electron chi connectivity index (χ3n) is 1.68. The Morgan fingerprint density at radius 1 is 1.33 bits per heavy atom. The van der Waals surface area contributed by atoms with Gasteiger partial charge in [0.25, 0.3) is 0 Å². The second kappa shape index (κ2) is 7.45. The second-order valence-corrected chi connectivity index (χ2v) is 3.64. The van der Waals surface area contributed by atoms with Crippen molar-refractivity contribution in [3.63, 3.8) is 0 Å². The number of aliphatic carboxylic acids is 1. The minimum atomic E-state index is -1.40. The van der Waals surface area contributed by atoms with Crippen molar-refractivity contribution in [3.05, 3.63) is 45.3 Å². The predicted octanol–water partition coefficient (Wildman–Crippen LogP) is 1.83. The van der Waals surface area contributed by atoms with E-state index < -0.39 is 17.5 Å². The molecule has 1 rings (SSSR count). The molecule has 0 amide bonds. The standard InChI is InChI=1S/C9H8Cl2N3O3.Ir/c10-5-2-1-4(3-6(5)11)17-8(12)7(14-13)9(15)16;/h1-3H,12-13H2,(H,15,16);/q-1;/b8-7+;. The van der Waals surface area contributed by atoms with Crippen molar-refractivity contribution in [1.29, 1.82) is 0 Å². The van der Waals surface area contributed by atoms with Crippen LogP contribution in [0.1, 0.15) is 0 Å². The molecule has 0 atom stereocenters. The number of carbonyl (C=O) groups is 1. The van der Waals surface area contributed by atoms with E-state index >= 15 is 0 Å². The topological polar surface area (TPSA) is 113 Å². The van der Waals surface area contributed by atoms with E-state index in [2.05, 4.69) is 5.43 Å². The van der Waals surface area contributed by atoms with Gasteiger partial charge in [0, 0.05) is 31.9 Å². The van der Waals surface area contributed by atoms with Crippen LogP contribution >= 0.6 is 23.2 Å². The summed E-state index contributed by atoms with van der Waals surface area (Å²) in [6, 6.07) is 4.33. The van der Waals surface area contributed by atoms with Gasteiger partial charge in [-0.3, -0.25) is 0 Å². The van der Waals surface area contributed by atoms with Gasteiger partial charge in [-0.15, -0.1) is 0 Å². The van der Waals surface area contributed by atoms with Crippen LogP contribution in [0.15, 0.2) is 29.8 Å². The average Bonchev–Trinajstić information content (AvgIpc) is 2.24. The number of nitrogens with two attached hydrogens (primary N) is 2. The summed E-state index contributed by atoms with van der Waals surface area (Å²) in [5.41, 5.74) is 7.78. The summed E-state index contributed by atoms with van der Waals surface area (Å²) >= 11 is 11.4. The summed E-state index contributed by atoms with van der Waals surface area (Å²) in [4.78, 5) is 10.6. The van der Waals surface area contributed by atoms with E-state index in [9.17, 15) is 4.79 Å². The minimum Gasteiger partial charge on any atom is -0.615 e. The molecule has 18 heavy (non-hydrogen) atoms. The van der Waals surface area contributed by atoms with Crippen LogP contribution in [-0.2, 0) is 24.9 Å².